The monoisotopic (exact) mass is 297 g/mol. The molecule has 1 aromatic rings. The van der Waals surface area contributed by atoms with Crippen LogP contribution in [0.2, 0.25) is 0 Å². The highest BCUT2D eigenvalue weighted by atomic mass is 19.2. The molecule has 1 fully saturated rings. The highest BCUT2D eigenvalue weighted by molar-refractivity contribution is 5.28. The Morgan fingerprint density at radius 1 is 1.29 bits per heavy atom. The van der Waals surface area contributed by atoms with E-state index in [1.807, 2.05) is 0 Å². The SMILES string of the molecule is CCCNC(c1ccc(C)c(F)c1F)C1CCOC1CC. The smallest absolute Gasteiger partial charge is 0.163 e. The fourth-order valence-electron chi connectivity index (χ4n) is 3.16. The molecule has 118 valence electrons. The van der Waals surface area contributed by atoms with Crippen molar-refractivity contribution >= 4 is 0 Å². The van der Waals surface area contributed by atoms with Crippen molar-refractivity contribution in [1.82, 2.24) is 5.32 Å². The minimum atomic E-state index is -0.734. The van der Waals surface area contributed by atoms with Gasteiger partial charge in [0.05, 0.1) is 6.10 Å². The molecule has 0 radical (unpaired) electrons. The third-order valence-corrected chi connectivity index (χ3v) is 4.35. The summed E-state index contributed by atoms with van der Waals surface area (Å²) in [5.74, 6) is -1.26. The van der Waals surface area contributed by atoms with Crippen LogP contribution in [0.1, 0.15) is 50.3 Å². The molecule has 1 N–H and O–H groups in total. The second kappa shape index (κ2) is 7.32. The van der Waals surface area contributed by atoms with Gasteiger partial charge in [-0.05, 0) is 38.3 Å². The number of ether oxygens (including phenoxy) is 1. The molecular formula is C17H25F2NO. The lowest BCUT2D eigenvalue weighted by Gasteiger charge is -2.29. The van der Waals surface area contributed by atoms with Gasteiger partial charge in [-0.3, -0.25) is 0 Å². The van der Waals surface area contributed by atoms with E-state index in [2.05, 4.69) is 19.2 Å². The Morgan fingerprint density at radius 3 is 2.71 bits per heavy atom. The van der Waals surface area contributed by atoms with Crippen molar-refractivity contribution in [2.75, 3.05) is 13.2 Å². The Kier molecular flexibility index (Phi) is 5.71. The molecule has 0 bridgehead atoms. The third kappa shape index (κ3) is 3.43. The Hall–Kier alpha value is -1.00. The molecule has 1 aliphatic rings. The number of hydrogen-bond acceptors (Lipinski definition) is 2. The van der Waals surface area contributed by atoms with Crippen LogP contribution in [0.4, 0.5) is 8.78 Å². The first-order chi connectivity index (χ1) is 10.1. The van der Waals surface area contributed by atoms with Crippen LogP contribution in [0.5, 0.6) is 0 Å². The maximum atomic E-state index is 14.4. The minimum Gasteiger partial charge on any atom is -0.378 e. The first kappa shape index (κ1) is 16.4. The molecule has 0 saturated carbocycles. The predicted molar refractivity (Wildman–Crippen MR) is 80.3 cm³/mol. The molecule has 21 heavy (non-hydrogen) atoms. The lowest BCUT2D eigenvalue weighted by atomic mass is 9.86. The zero-order valence-electron chi connectivity index (χ0n) is 13.1. The quantitative estimate of drug-likeness (QED) is 0.852. The highest BCUT2D eigenvalue weighted by Gasteiger charge is 2.36. The number of rotatable bonds is 6. The van der Waals surface area contributed by atoms with Gasteiger partial charge in [0, 0.05) is 24.1 Å². The molecule has 4 heteroatoms. The molecule has 3 atom stereocenters. The number of aryl methyl sites for hydroxylation is 1. The molecule has 2 nitrogen and oxygen atoms in total. The van der Waals surface area contributed by atoms with Crippen molar-refractivity contribution < 1.29 is 13.5 Å². The van der Waals surface area contributed by atoms with Gasteiger partial charge in [-0.2, -0.15) is 0 Å². The summed E-state index contributed by atoms with van der Waals surface area (Å²) < 4.78 is 34.0. The normalized spacial score (nSPS) is 23.5. The van der Waals surface area contributed by atoms with Crippen LogP contribution in [0.25, 0.3) is 0 Å². The van der Waals surface area contributed by atoms with Crippen molar-refractivity contribution in [2.24, 2.45) is 5.92 Å². The Bertz CT molecular complexity index is 478. The number of hydrogen-bond donors (Lipinski definition) is 1. The van der Waals surface area contributed by atoms with Crippen molar-refractivity contribution in [2.45, 2.75) is 52.2 Å². The Morgan fingerprint density at radius 2 is 2.05 bits per heavy atom. The Balaban J connectivity index is 2.33. The zero-order chi connectivity index (χ0) is 15.4. The third-order valence-electron chi connectivity index (χ3n) is 4.35. The van der Waals surface area contributed by atoms with Crippen LogP contribution in [0, 0.1) is 24.5 Å². The summed E-state index contributed by atoms with van der Waals surface area (Å²) in [7, 11) is 0. The molecule has 0 spiro atoms. The van der Waals surface area contributed by atoms with E-state index in [-0.39, 0.29) is 18.1 Å². The zero-order valence-corrected chi connectivity index (χ0v) is 13.1. The molecule has 0 aliphatic carbocycles. The molecule has 0 aromatic heterocycles. The van der Waals surface area contributed by atoms with Crippen LogP contribution in [-0.4, -0.2) is 19.3 Å². The lowest BCUT2D eigenvalue weighted by Crippen LogP contribution is -2.34. The van der Waals surface area contributed by atoms with Gasteiger partial charge in [0.1, 0.15) is 0 Å². The maximum absolute atomic E-state index is 14.4. The molecule has 2 rings (SSSR count). The van der Waals surface area contributed by atoms with E-state index in [1.54, 1.807) is 19.1 Å². The fraction of sp³-hybridized carbons (Fsp3) is 0.647. The van der Waals surface area contributed by atoms with Gasteiger partial charge in [-0.1, -0.05) is 26.0 Å². The van der Waals surface area contributed by atoms with Crippen LogP contribution >= 0.6 is 0 Å². The van der Waals surface area contributed by atoms with Crippen molar-refractivity contribution in [1.29, 1.82) is 0 Å². The van der Waals surface area contributed by atoms with Crippen molar-refractivity contribution in [3.05, 3.63) is 34.9 Å². The second-order valence-corrected chi connectivity index (χ2v) is 5.80. The average molecular weight is 297 g/mol. The number of benzene rings is 1. The molecular weight excluding hydrogens is 272 g/mol. The minimum absolute atomic E-state index is 0.114. The first-order valence-electron chi connectivity index (χ1n) is 7.89. The van der Waals surface area contributed by atoms with Gasteiger partial charge in [0.15, 0.2) is 11.6 Å². The van der Waals surface area contributed by atoms with Crippen LogP contribution in [0.3, 0.4) is 0 Å². The van der Waals surface area contributed by atoms with Gasteiger partial charge >= 0.3 is 0 Å². The van der Waals surface area contributed by atoms with E-state index in [4.69, 9.17) is 4.74 Å². The van der Waals surface area contributed by atoms with Gasteiger partial charge in [-0.15, -0.1) is 0 Å². The van der Waals surface area contributed by atoms with Crippen LogP contribution in [0.15, 0.2) is 12.1 Å². The molecule has 1 saturated heterocycles. The lowest BCUT2D eigenvalue weighted by molar-refractivity contribution is 0.0769. The predicted octanol–water partition coefficient (Wildman–Crippen LogP) is 4.13. The summed E-state index contributed by atoms with van der Waals surface area (Å²) >= 11 is 0. The standard InChI is InChI=1S/C17H25F2NO/c1-4-9-20-17(12-8-10-21-14(12)5-2)13-7-6-11(3)15(18)16(13)19/h6-7,12,14,17,20H,4-5,8-10H2,1-3H3. The van der Waals surface area contributed by atoms with Gasteiger partial charge in [0.2, 0.25) is 0 Å². The summed E-state index contributed by atoms with van der Waals surface area (Å²) in [5, 5.41) is 3.39. The summed E-state index contributed by atoms with van der Waals surface area (Å²) in [6, 6.07) is 3.18. The van der Waals surface area contributed by atoms with E-state index < -0.39 is 11.6 Å². The molecule has 1 aliphatic heterocycles. The molecule has 1 heterocycles. The highest BCUT2D eigenvalue weighted by Crippen LogP contribution is 2.36. The van der Waals surface area contributed by atoms with Gasteiger partial charge < -0.3 is 10.1 Å². The summed E-state index contributed by atoms with van der Waals surface area (Å²) in [6.45, 7) is 7.21. The van der Waals surface area contributed by atoms with E-state index in [0.717, 1.165) is 25.8 Å². The van der Waals surface area contributed by atoms with E-state index in [9.17, 15) is 8.78 Å². The Labute approximate surface area is 125 Å². The van der Waals surface area contributed by atoms with E-state index in [1.165, 1.54) is 0 Å². The summed E-state index contributed by atoms with van der Waals surface area (Å²) in [4.78, 5) is 0. The van der Waals surface area contributed by atoms with Crippen molar-refractivity contribution in [3.63, 3.8) is 0 Å². The van der Waals surface area contributed by atoms with E-state index >= 15 is 0 Å². The fourth-order valence-corrected chi connectivity index (χ4v) is 3.16. The van der Waals surface area contributed by atoms with Gasteiger partial charge in [-0.25, -0.2) is 8.78 Å². The van der Waals surface area contributed by atoms with Crippen molar-refractivity contribution in [3.8, 4) is 0 Å². The molecule has 3 unspecified atom stereocenters. The summed E-state index contributed by atoms with van der Waals surface area (Å²) in [5.41, 5.74) is 0.778. The number of halogens is 2. The number of nitrogens with one attached hydrogen (secondary N) is 1. The average Bonchev–Trinajstić information content (AvgIpc) is 2.95. The van der Waals surface area contributed by atoms with Crippen LogP contribution < -0.4 is 5.32 Å². The molecule has 0 amide bonds. The summed E-state index contributed by atoms with van der Waals surface area (Å²) in [6.07, 6.45) is 2.85. The molecule has 1 aromatic carbocycles. The second-order valence-electron chi connectivity index (χ2n) is 5.80. The van der Waals surface area contributed by atoms with Gasteiger partial charge in [0.25, 0.3) is 0 Å². The topological polar surface area (TPSA) is 21.3 Å². The largest absolute Gasteiger partial charge is 0.378 e. The maximum Gasteiger partial charge on any atom is 0.163 e. The van der Waals surface area contributed by atoms with Crippen LogP contribution in [-0.2, 0) is 4.74 Å². The first-order valence-corrected chi connectivity index (χ1v) is 7.89. The van der Waals surface area contributed by atoms with E-state index in [0.29, 0.717) is 17.7 Å².